The van der Waals surface area contributed by atoms with E-state index in [0.717, 1.165) is 5.56 Å². The van der Waals surface area contributed by atoms with Gasteiger partial charge in [0.05, 0.1) is 16.7 Å². The minimum atomic E-state index is -0.771. The van der Waals surface area contributed by atoms with E-state index in [1.165, 1.54) is 7.11 Å². The molecule has 1 unspecified atom stereocenters. The van der Waals surface area contributed by atoms with Crippen LogP contribution in [-0.4, -0.2) is 23.0 Å². The Kier molecular flexibility index (Phi) is 5.18. The molecule has 1 aromatic heterocycles. The third-order valence-electron chi connectivity index (χ3n) is 4.62. The second-order valence-electron chi connectivity index (χ2n) is 6.49. The van der Waals surface area contributed by atoms with Crippen LogP contribution in [0.4, 0.5) is 5.69 Å². The third-order valence-corrected chi connectivity index (χ3v) is 4.62. The lowest BCUT2D eigenvalue weighted by Gasteiger charge is -2.17. The van der Waals surface area contributed by atoms with Crippen LogP contribution in [0.15, 0.2) is 83.7 Å². The minimum Gasteiger partial charge on any atom is -0.367 e. The van der Waals surface area contributed by atoms with Gasteiger partial charge in [0, 0.05) is 12.7 Å². The van der Waals surface area contributed by atoms with Crippen molar-refractivity contribution in [2.45, 2.75) is 6.10 Å². The number of nitrogens with zero attached hydrogens (tertiary/aromatic N) is 1. The van der Waals surface area contributed by atoms with Crippen LogP contribution in [0.25, 0.3) is 22.3 Å². The normalized spacial score (nSPS) is 11.9. The van der Waals surface area contributed by atoms with Gasteiger partial charge in [-0.05, 0) is 23.8 Å². The van der Waals surface area contributed by atoms with Crippen molar-refractivity contribution < 1.29 is 9.53 Å². The van der Waals surface area contributed by atoms with Crippen molar-refractivity contribution in [2.75, 3.05) is 12.4 Å². The Morgan fingerprint density at radius 3 is 2.45 bits per heavy atom. The molecule has 1 heterocycles. The molecule has 1 atom stereocenters. The molecule has 6 nitrogen and oxygen atoms in total. The Labute approximate surface area is 167 Å². The van der Waals surface area contributed by atoms with Gasteiger partial charge in [-0.3, -0.25) is 9.59 Å². The van der Waals surface area contributed by atoms with E-state index in [1.807, 2.05) is 48.5 Å². The van der Waals surface area contributed by atoms with E-state index >= 15 is 0 Å². The summed E-state index contributed by atoms with van der Waals surface area (Å²) in [6.45, 7) is 0. The number of carbonyl (C=O) groups excluding carboxylic acids is 1. The number of H-pyrrole nitrogens is 1. The standard InChI is InChI=1S/C23H19N3O3/c1-29-21(15-9-3-2-4-10-15)23(28)25-17-12-6-5-11-16(17)20-22(27)26-19-14-8-7-13-18(19)24-20/h2-14,21H,1H3,(H,25,28)(H,26,27). The van der Waals surface area contributed by atoms with Crippen LogP contribution in [0.3, 0.4) is 0 Å². The summed E-state index contributed by atoms with van der Waals surface area (Å²) < 4.78 is 5.40. The van der Waals surface area contributed by atoms with Crippen LogP contribution < -0.4 is 10.9 Å². The first kappa shape index (κ1) is 18.6. The molecule has 29 heavy (non-hydrogen) atoms. The maximum absolute atomic E-state index is 12.9. The quantitative estimate of drug-likeness (QED) is 0.545. The number of hydrogen-bond donors (Lipinski definition) is 2. The predicted octanol–water partition coefficient (Wildman–Crippen LogP) is 3.92. The topological polar surface area (TPSA) is 84.1 Å². The maximum Gasteiger partial charge on any atom is 0.275 e. The summed E-state index contributed by atoms with van der Waals surface area (Å²) in [5, 5.41) is 2.88. The lowest BCUT2D eigenvalue weighted by atomic mass is 10.1. The number of rotatable bonds is 5. The zero-order valence-corrected chi connectivity index (χ0v) is 15.8. The molecule has 4 rings (SSSR count). The van der Waals surface area contributed by atoms with Crippen LogP contribution in [0.1, 0.15) is 11.7 Å². The molecule has 0 aliphatic carbocycles. The summed E-state index contributed by atoms with van der Waals surface area (Å²) in [7, 11) is 1.48. The molecule has 0 bridgehead atoms. The smallest absolute Gasteiger partial charge is 0.275 e. The number of benzene rings is 3. The molecule has 0 spiro atoms. The van der Waals surface area contributed by atoms with Crippen molar-refractivity contribution >= 4 is 22.6 Å². The fourth-order valence-electron chi connectivity index (χ4n) is 3.23. The van der Waals surface area contributed by atoms with Crippen molar-refractivity contribution in [3.63, 3.8) is 0 Å². The molecule has 1 amide bonds. The zero-order valence-electron chi connectivity index (χ0n) is 15.8. The maximum atomic E-state index is 12.9. The number of methoxy groups -OCH3 is 1. The molecule has 3 aromatic carbocycles. The highest BCUT2D eigenvalue weighted by molar-refractivity contribution is 5.98. The van der Waals surface area contributed by atoms with E-state index in [1.54, 1.807) is 30.3 Å². The molecule has 6 heteroatoms. The molecular formula is C23H19N3O3. The minimum absolute atomic E-state index is 0.244. The average Bonchev–Trinajstić information content (AvgIpc) is 2.75. The number of aromatic nitrogens is 2. The summed E-state index contributed by atoms with van der Waals surface area (Å²) in [6, 6.07) is 23.6. The van der Waals surface area contributed by atoms with Gasteiger partial charge < -0.3 is 15.0 Å². The van der Waals surface area contributed by atoms with E-state index in [0.29, 0.717) is 22.3 Å². The number of anilines is 1. The predicted molar refractivity (Wildman–Crippen MR) is 113 cm³/mol. The number of ether oxygens (including phenoxy) is 1. The Morgan fingerprint density at radius 2 is 1.66 bits per heavy atom. The van der Waals surface area contributed by atoms with Gasteiger partial charge in [0.15, 0.2) is 6.10 Å². The lowest BCUT2D eigenvalue weighted by molar-refractivity contribution is -0.126. The fraction of sp³-hybridized carbons (Fsp3) is 0.0870. The highest BCUT2D eigenvalue weighted by Gasteiger charge is 2.21. The van der Waals surface area contributed by atoms with Crippen molar-refractivity contribution in [1.82, 2.24) is 9.97 Å². The first-order valence-electron chi connectivity index (χ1n) is 9.14. The van der Waals surface area contributed by atoms with E-state index in [9.17, 15) is 9.59 Å². The third kappa shape index (κ3) is 3.79. The Bertz CT molecular complexity index is 1220. The number of hydrogen-bond acceptors (Lipinski definition) is 4. The van der Waals surface area contributed by atoms with Crippen molar-refractivity contribution in [1.29, 1.82) is 0 Å². The van der Waals surface area contributed by atoms with Crippen molar-refractivity contribution in [3.8, 4) is 11.3 Å². The van der Waals surface area contributed by atoms with Gasteiger partial charge in [-0.15, -0.1) is 0 Å². The second kappa shape index (κ2) is 8.08. The number of nitrogens with one attached hydrogen (secondary N) is 2. The van der Waals surface area contributed by atoms with E-state index < -0.39 is 6.10 Å². The highest BCUT2D eigenvalue weighted by Crippen LogP contribution is 2.27. The molecule has 0 aliphatic rings. The number of carbonyl (C=O) groups is 1. The van der Waals surface area contributed by atoms with E-state index in [4.69, 9.17) is 4.74 Å². The molecule has 0 radical (unpaired) electrons. The van der Waals surface area contributed by atoms with Crippen molar-refractivity contribution in [2.24, 2.45) is 0 Å². The molecule has 0 fully saturated rings. The van der Waals surface area contributed by atoms with Gasteiger partial charge in [-0.1, -0.05) is 60.7 Å². The van der Waals surface area contributed by atoms with Gasteiger partial charge in [-0.25, -0.2) is 4.98 Å². The molecule has 144 valence electrons. The first-order valence-corrected chi connectivity index (χ1v) is 9.14. The number of para-hydroxylation sites is 3. The van der Waals surface area contributed by atoms with Gasteiger partial charge >= 0.3 is 0 Å². The van der Waals surface area contributed by atoms with Crippen LogP contribution >= 0.6 is 0 Å². The summed E-state index contributed by atoms with van der Waals surface area (Å²) >= 11 is 0. The summed E-state index contributed by atoms with van der Waals surface area (Å²) in [5.74, 6) is -0.330. The monoisotopic (exact) mass is 385 g/mol. The average molecular weight is 385 g/mol. The van der Waals surface area contributed by atoms with Gasteiger partial charge in [0.25, 0.3) is 11.5 Å². The zero-order chi connectivity index (χ0) is 20.2. The van der Waals surface area contributed by atoms with E-state index in [2.05, 4.69) is 15.3 Å². The Morgan fingerprint density at radius 1 is 0.966 bits per heavy atom. The van der Waals surface area contributed by atoms with Crippen molar-refractivity contribution in [3.05, 3.63) is 94.8 Å². The van der Waals surface area contributed by atoms with Crippen LogP contribution in [-0.2, 0) is 9.53 Å². The number of aromatic amines is 1. The molecule has 2 N–H and O–H groups in total. The van der Waals surface area contributed by atoms with Crippen LogP contribution in [0, 0.1) is 0 Å². The number of amides is 1. The molecule has 0 aliphatic heterocycles. The SMILES string of the molecule is COC(C(=O)Nc1ccccc1-c1nc2ccccc2[nH]c1=O)c1ccccc1. The van der Waals surface area contributed by atoms with E-state index in [-0.39, 0.29) is 17.2 Å². The largest absolute Gasteiger partial charge is 0.367 e. The lowest BCUT2D eigenvalue weighted by Crippen LogP contribution is -2.23. The fourth-order valence-corrected chi connectivity index (χ4v) is 3.23. The second-order valence-corrected chi connectivity index (χ2v) is 6.49. The summed E-state index contributed by atoms with van der Waals surface area (Å²) in [6.07, 6.45) is -0.771. The van der Waals surface area contributed by atoms with Gasteiger partial charge in [0.1, 0.15) is 5.69 Å². The van der Waals surface area contributed by atoms with Crippen LogP contribution in [0.2, 0.25) is 0 Å². The summed E-state index contributed by atoms with van der Waals surface area (Å²) in [5.41, 5.74) is 3.02. The highest BCUT2D eigenvalue weighted by atomic mass is 16.5. The molecule has 0 saturated heterocycles. The molecular weight excluding hydrogens is 366 g/mol. The molecule has 4 aromatic rings. The first-order chi connectivity index (χ1) is 14.2. The Hall–Kier alpha value is -3.77. The molecule has 0 saturated carbocycles. The summed E-state index contributed by atoms with van der Waals surface area (Å²) in [4.78, 5) is 32.9. The van der Waals surface area contributed by atoms with Crippen LogP contribution in [0.5, 0.6) is 0 Å². The Balaban J connectivity index is 1.72. The van der Waals surface area contributed by atoms with Gasteiger partial charge in [-0.2, -0.15) is 0 Å². The van der Waals surface area contributed by atoms with Gasteiger partial charge in [0.2, 0.25) is 0 Å². The number of fused-ring (bicyclic) bond motifs is 1.